The Bertz CT molecular complexity index is 1620. The Morgan fingerprint density at radius 3 is 1.67 bits per heavy atom. The third kappa shape index (κ3) is 9.86. The summed E-state index contributed by atoms with van der Waals surface area (Å²) in [5, 5.41) is 47.0. The van der Waals surface area contributed by atoms with Gasteiger partial charge in [-0.3, -0.25) is 5.10 Å². The molecule has 21 heteroatoms. The molecule has 0 aliphatic heterocycles. The van der Waals surface area contributed by atoms with Gasteiger partial charge in [-0.05, 0) is 0 Å². The molecule has 7 N–H and O–H groups in total. The van der Waals surface area contributed by atoms with Crippen molar-refractivity contribution in [2.45, 2.75) is 0 Å². The minimum atomic E-state index is -1.11. The van der Waals surface area contributed by atoms with Gasteiger partial charge in [-0.25, -0.2) is 49.3 Å². The summed E-state index contributed by atoms with van der Waals surface area (Å²) in [5.74, 6) is -1.05. The van der Waals surface area contributed by atoms with Crippen LogP contribution in [0.5, 0.6) is 0 Å². The zero-order valence-corrected chi connectivity index (χ0v) is 23.2. The van der Waals surface area contributed by atoms with Crippen molar-refractivity contribution in [3.05, 3.63) is 90.4 Å². The van der Waals surface area contributed by atoms with E-state index in [9.17, 15) is 14.4 Å². The minimum absolute atomic E-state index is 0.0518. The highest BCUT2D eigenvalue weighted by Gasteiger charge is 2.08. The van der Waals surface area contributed by atoms with Crippen LogP contribution >= 0.6 is 11.3 Å². The summed E-state index contributed by atoms with van der Waals surface area (Å²) in [5.41, 5.74) is -0.202. The first-order valence-corrected chi connectivity index (χ1v) is 12.9. The Balaban J connectivity index is 0.000000154. The average molecular weight is 634 g/mol. The van der Waals surface area contributed by atoms with Crippen molar-refractivity contribution in [2.75, 3.05) is 16.0 Å². The van der Waals surface area contributed by atoms with Crippen LogP contribution in [0.3, 0.4) is 0 Å². The van der Waals surface area contributed by atoms with Crippen LogP contribution in [0.2, 0.25) is 0 Å². The van der Waals surface area contributed by atoms with Gasteiger partial charge in [0.15, 0.2) is 28.0 Å². The molecule has 228 valence electrons. The molecule has 45 heavy (non-hydrogen) atoms. The molecule has 6 rings (SSSR count). The van der Waals surface area contributed by atoms with E-state index >= 15 is 0 Å². The van der Waals surface area contributed by atoms with Gasteiger partial charge in [0.05, 0.1) is 6.20 Å². The lowest BCUT2D eigenvalue weighted by atomic mass is 10.4. The lowest BCUT2D eigenvalue weighted by molar-refractivity contribution is 0.0679. The number of hydrogen-bond donors (Lipinski definition) is 7. The van der Waals surface area contributed by atoms with E-state index in [1.54, 1.807) is 24.5 Å². The average Bonchev–Trinajstić information content (AvgIpc) is 3.84. The number of thiazole rings is 1. The summed E-state index contributed by atoms with van der Waals surface area (Å²) in [4.78, 5) is 58.2. The zero-order chi connectivity index (χ0) is 32.0. The predicted molar refractivity (Wildman–Crippen MR) is 154 cm³/mol. The number of nitrogens with zero attached hydrogens (tertiary/aromatic N) is 9. The van der Waals surface area contributed by atoms with Crippen LogP contribution in [0, 0.1) is 0 Å². The number of carbonyl (C=O) groups is 3. The second kappa shape index (κ2) is 15.4. The first-order valence-electron chi connectivity index (χ1n) is 12.0. The Morgan fingerprint density at radius 2 is 1.22 bits per heavy atom. The highest BCUT2D eigenvalue weighted by atomic mass is 32.1. The van der Waals surface area contributed by atoms with Crippen molar-refractivity contribution < 1.29 is 34.2 Å². The van der Waals surface area contributed by atoms with Crippen LogP contribution in [-0.2, 0) is 0 Å². The summed E-state index contributed by atoms with van der Waals surface area (Å²) in [7, 11) is 0. The molecule has 0 saturated heterocycles. The maximum absolute atomic E-state index is 10.6. The zero-order valence-electron chi connectivity index (χ0n) is 22.3. The number of hydrogen-bond acceptors (Lipinski definition) is 17. The fourth-order valence-corrected chi connectivity index (χ4v) is 3.43. The highest BCUT2D eigenvalue weighted by molar-refractivity contribution is 7.13. The van der Waals surface area contributed by atoms with E-state index < -0.39 is 17.9 Å². The largest absolute Gasteiger partial charge is 0.477 e. The standard InChI is InChI=1S/C8H7N5O2.C8H6N4O3.C8H6N4O2S/c14-8(15)5-3-7(10-4-9-5)12-6-1-2-11-13-6;13-8(14)5-3-7(10-4-9-5)11-6-1-2-15-12-6;13-7(14)5-3-6(11-4-10-5)12-8-9-1-2-15-8/h1-4H,(H,14,15)(H2,9,10,11,12,13);2*1-4H,(H,13,14)(H,9,10,11,12). The van der Waals surface area contributed by atoms with Crippen molar-refractivity contribution in [3.8, 4) is 0 Å². The molecule has 0 amide bonds. The molecule has 0 unspecified atom stereocenters. The molecule has 0 aromatic carbocycles. The Hall–Kier alpha value is -6.90. The normalized spacial score (nSPS) is 9.87. The van der Waals surface area contributed by atoms with E-state index in [1.165, 1.54) is 48.5 Å². The van der Waals surface area contributed by atoms with Gasteiger partial charge in [0, 0.05) is 41.9 Å². The molecule has 6 heterocycles. The van der Waals surface area contributed by atoms with Crippen molar-refractivity contribution >= 4 is 63.5 Å². The topological polar surface area (TPSA) is 293 Å². The number of rotatable bonds is 9. The third-order valence-electron chi connectivity index (χ3n) is 4.78. The molecule has 20 nitrogen and oxygen atoms in total. The number of carboxylic acid groups (broad SMARTS) is 3. The maximum atomic E-state index is 10.6. The van der Waals surface area contributed by atoms with Gasteiger partial charge in [-0.1, -0.05) is 5.16 Å². The number of nitrogens with one attached hydrogen (secondary N) is 4. The molecular formula is C24H19N13O7S. The fraction of sp³-hybridized carbons (Fsp3) is 0. The molecule has 0 fully saturated rings. The van der Waals surface area contributed by atoms with Crippen LogP contribution in [-0.4, -0.2) is 83.5 Å². The second-order valence-electron chi connectivity index (χ2n) is 7.85. The summed E-state index contributed by atoms with van der Waals surface area (Å²) in [6.07, 6.45) is 8.14. The number of H-pyrrole nitrogens is 1. The van der Waals surface area contributed by atoms with Gasteiger partial charge < -0.3 is 35.8 Å². The van der Waals surface area contributed by atoms with Crippen molar-refractivity contribution in [1.82, 2.24) is 50.2 Å². The molecule has 0 bridgehead atoms. The summed E-state index contributed by atoms with van der Waals surface area (Å²) < 4.78 is 4.59. The maximum Gasteiger partial charge on any atom is 0.354 e. The highest BCUT2D eigenvalue weighted by Crippen LogP contribution is 2.16. The third-order valence-corrected chi connectivity index (χ3v) is 5.47. The van der Waals surface area contributed by atoms with Crippen LogP contribution in [0.4, 0.5) is 34.2 Å². The van der Waals surface area contributed by atoms with E-state index in [0.29, 0.717) is 34.2 Å². The second-order valence-corrected chi connectivity index (χ2v) is 8.74. The molecular weight excluding hydrogens is 614 g/mol. The van der Waals surface area contributed by atoms with E-state index in [2.05, 4.69) is 70.7 Å². The van der Waals surface area contributed by atoms with Gasteiger partial charge in [-0.15, -0.1) is 11.3 Å². The molecule has 0 spiro atoms. The van der Waals surface area contributed by atoms with Crippen LogP contribution in [0.25, 0.3) is 0 Å². The van der Waals surface area contributed by atoms with Crippen LogP contribution in [0.15, 0.2) is 77.9 Å². The Labute approximate surface area is 254 Å². The molecule has 0 atom stereocenters. The van der Waals surface area contributed by atoms with Gasteiger partial charge in [0.2, 0.25) is 0 Å². The van der Waals surface area contributed by atoms with E-state index in [0.717, 1.165) is 6.33 Å². The van der Waals surface area contributed by atoms with Gasteiger partial charge in [0.1, 0.15) is 48.5 Å². The van der Waals surface area contributed by atoms with Crippen molar-refractivity contribution in [1.29, 1.82) is 0 Å². The quantitative estimate of drug-likeness (QED) is 0.120. The van der Waals surface area contributed by atoms with E-state index in [1.807, 2.05) is 5.38 Å². The summed E-state index contributed by atoms with van der Waals surface area (Å²) in [6, 6.07) is 7.27. The van der Waals surface area contributed by atoms with Gasteiger partial charge in [0.25, 0.3) is 0 Å². The Kier molecular flexibility index (Phi) is 10.6. The van der Waals surface area contributed by atoms with E-state index in [4.69, 9.17) is 15.3 Å². The summed E-state index contributed by atoms with van der Waals surface area (Å²) in [6.45, 7) is 0. The molecule has 0 saturated carbocycles. The Morgan fingerprint density at radius 1 is 0.667 bits per heavy atom. The number of aromatic carboxylic acids is 3. The molecule has 0 aliphatic rings. The first-order chi connectivity index (χ1) is 21.8. The van der Waals surface area contributed by atoms with Crippen LogP contribution in [0.1, 0.15) is 31.5 Å². The molecule has 0 radical (unpaired) electrons. The van der Waals surface area contributed by atoms with Gasteiger partial charge >= 0.3 is 17.9 Å². The first kappa shape index (κ1) is 31.0. The fourth-order valence-electron chi connectivity index (χ4n) is 2.89. The molecule has 6 aromatic heterocycles. The van der Waals surface area contributed by atoms with Crippen molar-refractivity contribution in [3.63, 3.8) is 0 Å². The van der Waals surface area contributed by atoms with Crippen molar-refractivity contribution in [2.24, 2.45) is 0 Å². The molecule has 6 aromatic rings. The lowest BCUT2D eigenvalue weighted by Crippen LogP contribution is -2.03. The monoisotopic (exact) mass is 633 g/mol. The lowest BCUT2D eigenvalue weighted by Gasteiger charge is -2.01. The minimum Gasteiger partial charge on any atom is -0.477 e. The predicted octanol–water partition coefficient (Wildman–Crippen LogP) is 2.92. The van der Waals surface area contributed by atoms with Gasteiger partial charge in [-0.2, -0.15) is 5.10 Å². The van der Waals surface area contributed by atoms with E-state index in [-0.39, 0.29) is 17.1 Å². The number of aromatic amines is 1. The van der Waals surface area contributed by atoms with Crippen LogP contribution < -0.4 is 16.0 Å². The number of carboxylic acids is 3. The summed E-state index contributed by atoms with van der Waals surface area (Å²) >= 11 is 1.40. The smallest absolute Gasteiger partial charge is 0.354 e. The SMILES string of the molecule is O=C(O)c1cc(Nc2ccn[nH]2)ncn1.O=C(O)c1cc(Nc2ccon2)ncn1.O=C(O)c1cc(Nc2nccs2)ncn1. The number of anilines is 6. The molecule has 0 aliphatic carbocycles. The number of aromatic nitrogens is 10.